The summed E-state index contributed by atoms with van der Waals surface area (Å²) in [4.78, 5) is 20.2. The van der Waals surface area contributed by atoms with Gasteiger partial charge in [0.05, 0.1) is 24.7 Å². The third kappa shape index (κ3) is 7.00. The lowest BCUT2D eigenvalue weighted by atomic mass is 9.85. The zero-order valence-electron chi connectivity index (χ0n) is 23.8. The van der Waals surface area contributed by atoms with E-state index in [9.17, 15) is 4.79 Å². The first kappa shape index (κ1) is 28.7. The van der Waals surface area contributed by atoms with Crippen LogP contribution in [0.1, 0.15) is 39.4 Å². The summed E-state index contributed by atoms with van der Waals surface area (Å²) >= 11 is 0. The van der Waals surface area contributed by atoms with Crippen molar-refractivity contribution in [2.24, 2.45) is 0 Å². The fourth-order valence-electron chi connectivity index (χ4n) is 5.87. The summed E-state index contributed by atoms with van der Waals surface area (Å²) in [6.07, 6.45) is 0.554. The summed E-state index contributed by atoms with van der Waals surface area (Å²) in [5.41, 5.74) is 5.78. The smallest absolute Gasteiger partial charge is 0.253 e. The number of benzene rings is 5. The molecule has 2 N–H and O–H groups in total. The fourth-order valence-corrected chi connectivity index (χ4v) is 5.87. The summed E-state index contributed by atoms with van der Waals surface area (Å²) in [6, 6.07) is 40.7. The molecule has 0 aliphatic carbocycles. The van der Waals surface area contributed by atoms with Crippen molar-refractivity contribution in [3.05, 3.63) is 144 Å². The number of carbonyl (C=O) groups excluding carboxylic acids is 1. The molecule has 2 atom stereocenters. The van der Waals surface area contributed by atoms with Crippen LogP contribution in [0.25, 0.3) is 21.9 Å². The number of ether oxygens (including phenoxy) is 1. The van der Waals surface area contributed by atoms with E-state index in [1.165, 1.54) is 21.9 Å². The van der Waals surface area contributed by atoms with Gasteiger partial charge in [0.2, 0.25) is 0 Å². The Labute approximate surface area is 251 Å². The zero-order chi connectivity index (χ0) is 29.6. The Kier molecular flexibility index (Phi) is 8.88. The summed E-state index contributed by atoms with van der Waals surface area (Å²) in [7, 11) is 0. The van der Waals surface area contributed by atoms with E-state index in [-0.39, 0.29) is 29.9 Å². The second kappa shape index (κ2) is 13.3. The molecular formula is C36H34N2O5. The Morgan fingerprint density at radius 3 is 2.33 bits per heavy atom. The largest absolute Gasteiger partial charge is 0.371 e. The quantitative estimate of drug-likeness (QED) is 0.181. The van der Waals surface area contributed by atoms with Gasteiger partial charge in [-0.2, -0.15) is 0 Å². The molecular weight excluding hydrogens is 540 g/mol. The molecule has 0 bridgehead atoms. The molecule has 1 amide bonds. The molecule has 1 aliphatic heterocycles. The number of nitrogens with zero attached hydrogens (tertiary/aromatic N) is 2. The maximum atomic E-state index is 13.7. The lowest BCUT2D eigenvalue weighted by molar-refractivity contribution is -0.497. The fraction of sp³-hybridized carbons (Fsp3) is 0.194. The topological polar surface area (TPSA) is 82.5 Å². The van der Waals surface area contributed by atoms with E-state index in [0.717, 1.165) is 17.5 Å². The maximum absolute atomic E-state index is 13.7. The standard InChI is InChI=1S/C36H34N2O5/c39-36(33-15-6-8-26(21-33)25-43-38(40)41)37-19-18-34(32-14-7-13-31(22-32)28-9-2-1-3-10-28)35(23-37)42-24-27-16-17-29-11-4-5-12-30(29)20-27/h1-17,20-22,34-35,40-41H,18-19,23-25H2/t34-,35+/m1/s1. The predicted molar refractivity (Wildman–Crippen MR) is 164 cm³/mol. The van der Waals surface area contributed by atoms with Crippen LogP contribution in [0.15, 0.2) is 121 Å². The predicted octanol–water partition coefficient (Wildman–Crippen LogP) is 7.23. The van der Waals surface area contributed by atoms with Crippen molar-refractivity contribution in [3.63, 3.8) is 0 Å². The van der Waals surface area contributed by atoms with E-state index in [1.54, 1.807) is 24.3 Å². The van der Waals surface area contributed by atoms with Crippen molar-refractivity contribution >= 4 is 16.7 Å². The molecule has 0 unspecified atom stereocenters. The van der Waals surface area contributed by atoms with Crippen LogP contribution in [0.3, 0.4) is 0 Å². The number of carbonyl (C=O) groups is 1. The van der Waals surface area contributed by atoms with E-state index in [4.69, 9.17) is 20.0 Å². The van der Waals surface area contributed by atoms with Crippen molar-refractivity contribution in [1.82, 2.24) is 10.3 Å². The molecule has 218 valence electrons. The molecule has 7 nitrogen and oxygen atoms in total. The van der Waals surface area contributed by atoms with E-state index >= 15 is 0 Å². The summed E-state index contributed by atoms with van der Waals surface area (Å²) in [5.74, 6) is 0.0236. The van der Waals surface area contributed by atoms with Crippen molar-refractivity contribution < 1.29 is 24.8 Å². The highest BCUT2D eigenvalue weighted by Gasteiger charge is 2.34. The molecule has 5 aromatic rings. The van der Waals surface area contributed by atoms with Gasteiger partial charge in [0.15, 0.2) is 0 Å². The lowest BCUT2D eigenvalue weighted by Crippen LogP contribution is -2.46. The van der Waals surface area contributed by atoms with Crippen molar-refractivity contribution in [2.45, 2.75) is 31.7 Å². The number of amides is 1. The number of rotatable bonds is 9. The number of likely N-dealkylation sites (tertiary alicyclic amines) is 1. The van der Waals surface area contributed by atoms with E-state index in [0.29, 0.717) is 30.8 Å². The van der Waals surface area contributed by atoms with Crippen LogP contribution in [0.4, 0.5) is 0 Å². The summed E-state index contributed by atoms with van der Waals surface area (Å²) < 4.78 is 6.66. The highest BCUT2D eigenvalue weighted by molar-refractivity contribution is 5.94. The molecule has 0 aromatic heterocycles. The molecule has 1 saturated heterocycles. The minimum absolute atomic E-state index is 0.0779. The molecule has 43 heavy (non-hydrogen) atoms. The third-order valence-corrected chi connectivity index (χ3v) is 8.07. The molecule has 0 spiro atoms. The first-order valence-electron chi connectivity index (χ1n) is 14.5. The number of piperidine rings is 1. The monoisotopic (exact) mass is 574 g/mol. The van der Waals surface area contributed by atoms with Crippen LogP contribution in [-0.4, -0.2) is 45.8 Å². The van der Waals surface area contributed by atoms with Crippen LogP contribution in [0, 0.1) is 0 Å². The normalized spacial score (nSPS) is 17.0. The molecule has 7 heteroatoms. The Morgan fingerprint density at radius 1 is 0.744 bits per heavy atom. The molecule has 6 rings (SSSR count). The molecule has 0 saturated carbocycles. The highest BCUT2D eigenvalue weighted by atomic mass is 17.1. The Balaban J connectivity index is 1.24. The third-order valence-electron chi connectivity index (χ3n) is 8.07. The number of fused-ring (bicyclic) bond motifs is 1. The van der Waals surface area contributed by atoms with Crippen LogP contribution >= 0.6 is 0 Å². The van der Waals surface area contributed by atoms with Gasteiger partial charge in [0.25, 0.3) is 5.91 Å². The minimum Gasteiger partial charge on any atom is -0.371 e. The van der Waals surface area contributed by atoms with E-state index in [1.807, 2.05) is 35.2 Å². The lowest BCUT2D eigenvalue weighted by Gasteiger charge is -2.39. The van der Waals surface area contributed by atoms with Gasteiger partial charge >= 0.3 is 0 Å². The molecule has 1 aliphatic rings. The van der Waals surface area contributed by atoms with Crippen LogP contribution in [0.2, 0.25) is 0 Å². The van der Waals surface area contributed by atoms with Gasteiger partial charge in [-0.25, -0.2) is 4.84 Å². The van der Waals surface area contributed by atoms with Gasteiger partial charge in [-0.05, 0) is 63.2 Å². The Morgan fingerprint density at radius 2 is 1.49 bits per heavy atom. The number of hydrogen-bond donors (Lipinski definition) is 2. The van der Waals surface area contributed by atoms with Gasteiger partial charge < -0.3 is 9.64 Å². The summed E-state index contributed by atoms with van der Waals surface area (Å²) in [6.45, 7) is 1.41. The van der Waals surface area contributed by atoms with Gasteiger partial charge in [-0.1, -0.05) is 103 Å². The second-order valence-corrected chi connectivity index (χ2v) is 10.9. The Hall–Kier alpha value is -4.37. The van der Waals surface area contributed by atoms with Crippen LogP contribution in [0.5, 0.6) is 0 Å². The van der Waals surface area contributed by atoms with E-state index in [2.05, 4.69) is 66.7 Å². The highest BCUT2D eigenvalue weighted by Crippen LogP contribution is 2.34. The van der Waals surface area contributed by atoms with Gasteiger partial charge in [-0.15, -0.1) is 0 Å². The average molecular weight is 575 g/mol. The first-order valence-corrected chi connectivity index (χ1v) is 14.5. The summed E-state index contributed by atoms with van der Waals surface area (Å²) in [5, 5.41) is 19.8. The van der Waals surface area contributed by atoms with Crippen molar-refractivity contribution in [2.75, 3.05) is 13.1 Å². The molecule has 5 aromatic carbocycles. The first-order chi connectivity index (χ1) is 21.0. The zero-order valence-corrected chi connectivity index (χ0v) is 23.8. The van der Waals surface area contributed by atoms with Gasteiger partial charge in [-0.3, -0.25) is 15.2 Å². The van der Waals surface area contributed by atoms with Crippen LogP contribution < -0.4 is 0 Å². The molecule has 1 fully saturated rings. The molecule has 1 heterocycles. The van der Waals surface area contributed by atoms with Crippen molar-refractivity contribution in [1.29, 1.82) is 0 Å². The van der Waals surface area contributed by atoms with E-state index < -0.39 is 0 Å². The number of hydrogen-bond acceptors (Lipinski definition) is 6. The van der Waals surface area contributed by atoms with Gasteiger partial charge in [0.1, 0.15) is 0 Å². The van der Waals surface area contributed by atoms with Crippen molar-refractivity contribution in [3.8, 4) is 11.1 Å². The average Bonchev–Trinajstić information content (AvgIpc) is 3.06. The minimum atomic E-state index is -0.330. The van der Waals surface area contributed by atoms with Crippen LogP contribution in [-0.2, 0) is 22.8 Å². The molecule has 0 radical (unpaired) electrons. The second-order valence-electron chi connectivity index (χ2n) is 10.9. The van der Waals surface area contributed by atoms with Gasteiger partial charge in [0, 0.05) is 24.6 Å². The SMILES string of the molecule is O=C(c1cccc(CON(O)O)c1)N1CC[C@H](c2cccc(-c3ccccc3)c2)[C@@H](OCc2ccc3ccccc3c2)C1. The Bertz CT molecular complexity index is 1690. The maximum Gasteiger partial charge on any atom is 0.253 e.